The van der Waals surface area contributed by atoms with E-state index >= 15 is 0 Å². The van der Waals surface area contributed by atoms with Crippen molar-refractivity contribution < 1.29 is 4.79 Å². The lowest BCUT2D eigenvalue weighted by atomic mass is 9.92. The highest BCUT2D eigenvalue weighted by Gasteiger charge is 2.57. The second-order valence-corrected chi connectivity index (χ2v) is 7.32. The van der Waals surface area contributed by atoms with Crippen LogP contribution >= 0.6 is 0 Å². The largest absolute Gasteiger partial charge is 0.352 e. The topological polar surface area (TPSA) is 44.4 Å². The van der Waals surface area contributed by atoms with E-state index in [4.69, 9.17) is 0 Å². The predicted octanol–water partition coefficient (Wildman–Crippen LogP) is 2.53. The van der Waals surface area contributed by atoms with Crippen LogP contribution in [0.15, 0.2) is 24.3 Å². The zero-order chi connectivity index (χ0) is 17.0. The number of hydrogen-bond donors (Lipinski definition) is 2. The van der Waals surface area contributed by atoms with Gasteiger partial charge < -0.3 is 10.6 Å². The van der Waals surface area contributed by atoms with E-state index in [2.05, 4.69) is 53.6 Å². The maximum atomic E-state index is 12.6. The summed E-state index contributed by atoms with van der Waals surface area (Å²) in [7, 11) is 0. The number of amides is 1. The van der Waals surface area contributed by atoms with Gasteiger partial charge in [-0.15, -0.1) is 0 Å². The fourth-order valence-electron chi connectivity index (χ4n) is 4.07. The number of hydrogen-bond acceptors (Lipinski definition) is 3. The summed E-state index contributed by atoms with van der Waals surface area (Å²) < 4.78 is 0. The highest BCUT2D eigenvalue weighted by Crippen LogP contribution is 2.58. The molecule has 1 aliphatic carbocycles. The molecule has 2 fully saturated rings. The van der Waals surface area contributed by atoms with Crippen LogP contribution in [0.5, 0.6) is 0 Å². The van der Waals surface area contributed by atoms with Crippen molar-refractivity contribution in [2.75, 3.05) is 26.2 Å². The third-order valence-electron chi connectivity index (χ3n) is 5.97. The quantitative estimate of drug-likeness (QED) is 0.808. The molecule has 1 saturated heterocycles. The highest BCUT2D eigenvalue weighted by molar-refractivity contribution is 5.82. The van der Waals surface area contributed by atoms with Gasteiger partial charge in [-0.25, -0.2) is 0 Å². The van der Waals surface area contributed by atoms with Gasteiger partial charge in [-0.1, -0.05) is 38.1 Å². The Balaban J connectivity index is 1.56. The lowest BCUT2D eigenvalue weighted by Crippen LogP contribution is -2.33. The van der Waals surface area contributed by atoms with Crippen LogP contribution in [0.1, 0.15) is 44.2 Å². The number of piperidine rings is 1. The minimum Gasteiger partial charge on any atom is -0.352 e. The van der Waals surface area contributed by atoms with Crippen molar-refractivity contribution in [3.63, 3.8) is 0 Å². The maximum Gasteiger partial charge on any atom is 0.223 e. The zero-order valence-electron chi connectivity index (χ0n) is 15.1. The summed E-state index contributed by atoms with van der Waals surface area (Å²) >= 11 is 0. The molecule has 1 spiro atoms. The van der Waals surface area contributed by atoms with Gasteiger partial charge in [-0.2, -0.15) is 0 Å². The molecule has 1 saturated carbocycles. The molecule has 0 radical (unpaired) electrons. The first-order chi connectivity index (χ1) is 11.7. The van der Waals surface area contributed by atoms with Gasteiger partial charge in [0.25, 0.3) is 0 Å². The van der Waals surface area contributed by atoms with Crippen molar-refractivity contribution in [1.29, 1.82) is 0 Å². The monoisotopic (exact) mass is 329 g/mol. The Morgan fingerprint density at radius 2 is 1.88 bits per heavy atom. The maximum absolute atomic E-state index is 12.6. The summed E-state index contributed by atoms with van der Waals surface area (Å²) in [4.78, 5) is 15.0. The molecule has 1 amide bonds. The molecule has 1 atom stereocenters. The van der Waals surface area contributed by atoms with Crippen LogP contribution in [0.2, 0.25) is 0 Å². The lowest BCUT2D eigenvalue weighted by molar-refractivity contribution is -0.123. The van der Waals surface area contributed by atoms with Crippen LogP contribution in [0.3, 0.4) is 0 Å². The smallest absolute Gasteiger partial charge is 0.223 e. The SMILES string of the molecule is CCN(CC)Cc1ccccc1CNC(=O)C1CC12CCNCC2. The standard InChI is InChI=1S/C20H31N3O/c1-3-23(4-2)15-17-8-6-5-7-16(17)14-22-19(24)18-13-20(18)9-11-21-12-10-20/h5-8,18,21H,3-4,9-15H2,1-2H3,(H,22,24). The average Bonchev–Trinajstić information content (AvgIpc) is 3.32. The van der Waals surface area contributed by atoms with E-state index in [0.717, 1.165) is 52.0 Å². The van der Waals surface area contributed by atoms with Gasteiger partial charge in [-0.3, -0.25) is 9.69 Å². The minimum absolute atomic E-state index is 0.245. The fraction of sp³-hybridized carbons (Fsp3) is 0.650. The molecule has 4 nitrogen and oxygen atoms in total. The molecule has 3 rings (SSSR count). The third-order valence-corrected chi connectivity index (χ3v) is 5.97. The van der Waals surface area contributed by atoms with E-state index in [1.54, 1.807) is 0 Å². The summed E-state index contributed by atoms with van der Waals surface area (Å²) in [6, 6.07) is 8.49. The van der Waals surface area contributed by atoms with Gasteiger partial charge in [0.15, 0.2) is 0 Å². The molecule has 24 heavy (non-hydrogen) atoms. The van der Waals surface area contributed by atoms with Crippen LogP contribution in [-0.2, 0) is 17.9 Å². The summed E-state index contributed by atoms with van der Waals surface area (Å²) in [5, 5.41) is 6.60. The van der Waals surface area contributed by atoms with Crippen molar-refractivity contribution in [3.05, 3.63) is 35.4 Å². The number of benzene rings is 1. The summed E-state index contributed by atoms with van der Waals surface area (Å²) in [6.45, 7) is 10.2. The van der Waals surface area contributed by atoms with Crippen molar-refractivity contribution in [3.8, 4) is 0 Å². The molecule has 0 bridgehead atoms. The van der Waals surface area contributed by atoms with Crippen LogP contribution in [0.4, 0.5) is 0 Å². The number of nitrogens with one attached hydrogen (secondary N) is 2. The molecule has 1 aliphatic heterocycles. The van der Waals surface area contributed by atoms with Gasteiger partial charge in [0.1, 0.15) is 0 Å². The molecule has 1 aromatic rings. The number of carbonyl (C=O) groups is 1. The Hall–Kier alpha value is -1.39. The Morgan fingerprint density at radius 1 is 1.21 bits per heavy atom. The first-order valence-electron chi connectivity index (χ1n) is 9.46. The fourth-order valence-corrected chi connectivity index (χ4v) is 4.07. The van der Waals surface area contributed by atoms with Crippen molar-refractivity contribution in [1.82, 2.24) is 15.5 Å². The van der Waals surface area contributed by atoms with Gasteiger partial charge in [0.2, 0.25) is 5.91 Å². The molecule has 2 N–H and O–H groups in total. The zero-order valence-corrected chi connectivity index (χ0v) is 15.1. The van der Waals surface area contributed by atoms with Crippen LogP contribution in [0.25, 0.3) is 0 Å². The number of rotatable bonds is 7. The molecule has 4 heteroatoms. The molecule has 1 unspecified atom stereocenters. The second-order valence-electron chi connectivity index (χ2n) is 7.32. The molecular weight excluding hydrogens is 298 g/mol. The molecule has 1 aromatic carbocycles. The predicted molar refractivity (Wildman–Crippen MR) is 97.6 cm³/mol. The van der Waals surface area contributed by atoms with Crippen molar-refractivity contribution in [2.24, 2.45) is 11.3 Å². The number of carbonyl (C=O) groups excluding carboxylic acids is 1. The summed E-state index contributed by atoms with van der Waals surface area (Å²) in [5.41, 5.74) is 2.89. The summed E-state index contributed by atoms with van der Waals surface area (Å²) in [6.07, 6.45) is 3.40. The second kappa shape index (κ2) is 7.66. The van der Waals surface area contributed by atoms with Crippen LogP contribution in [-0.4, -0.2) is 37.0 Å². The Labute approximate surface area is 146 Å². The third kappa shape index (κ3) is 3.81. The lowest BCUT2D eigenvalue weighted by Gasteiger charge is -2.23. The van der Waals surface area contributed by atoms with E-state index in [1.807, 2.05) is 0 Å². The van der Waals surface area contributed by atoms with Crippen molar-refractivity contribution >= 4 is 5.91 Å². The first kappa shape index (κ1) is 17.4. The van der Waals surface area contributed by atoms with E-state index in [9.17, 15) is 4.79 Å². The Morgan fingerprint density at radius 3 is 2.54 bits per heavy atom. The summed E-state index contributed by atoms with van der Waals surface area (Å²) in [5.74, 6) is 0.504. The molecule has 132 valence electrons. The van der Waals surface area contributed by atoms with E-state index < -0.39 is 0 Å². The highest BCUT2D eigenvalue weighted by atomic mass is 16.2. The Bertz CT molecular complexity index is 562. The number of nitrogens with zero attached hydrogens (tertiary/aromatic N) is 1. The van der Waals surface area contributed by atoms with E-state index in [0.29, 0.717) is 12.0 Å². The molecular formula is C20H31N3O. The minimum atomic E-state index is 0.245. The van der Waals surface area contributed by atoms with Crippen molar-refractivity contribution in [2.45, 2.75) is 46.2 Å². The average molecular weight is 329 g/mol. The molecule has 1 heterocycles. The first-order valence-corrected chi connectivity index (χ1v) is 9.46. The van der Waals surface area contributed by atoms with E-state index in [1.165, 1.54) is 11.1 Å². The van der Waals surface area contributed by atoms with Crippen LogP contribution < -0.4 is 10.6 Å². The normalized spacial score (nSPS) is 21.9. The van der Waals surface area contributed by atoms with E-state index in [-0.39, 0.29) is 11.8 Å². The van der Waals surface area contributed by atoms with Gasteiger partial charge in [0.05, 0.1) is 0 Å². The van der Waals surface area contributed by atoms with Gasteiger partial charge >= 0.3 is 0 Å². The van der Waals surface area contributed by atoms with Crippen LogP contribution in [0, 0.1) is 11.3 Å². The molecule has 0 aromatic heterocycles. The Kier molecular flexibility index (Phi) is 5.57. The van der Waals surface area contributed by atoms with Gasteiger partial charge in [0, 0.05) is 19.0 Å². The molecule has 2 aliphatic rings. The van der Waals surface area contributed by atoms with Gasteiger partial charge in [-0.05, 0) is 62.0 Å².